The van der Waals surface area contributed by atoms with Gasteiger partial charge in [0.1, 0.15) is 5.82 Å². The second-order valence-electron chi connectivity index (χ2n) is 3.94. The van der Waals surface area contributed by atoms with Crippen molar-refractivity contribution in [3.05, 3.63) is 41.6 Å². The molecule has 0 spiro atoms. The van der Waals surface area contributed by atoms with Gasteiger partial charge in [-0.2, -0.15) is 13.2 Å². The summed E-state index contributed by atoms with van der Waals surface area (Å²) in [7, 11) is 0. The van der Waals surface area contributed by atoms with Crippen molar-refractivity contribution in [2.24, 2.45) is 5.73 Å². The number of alkyl halides is 3. The molecule has 1 amide bonds. The molecule has 0 bridgehead atoms. The minimum atomic E-state index is -4.46. The summed E-state index contributed by atoms with van der Waals surface area (Å²) < 4.78 is 37.8. The number of halogens is 3. The highest BCUT2D eigenvalue weighted by Crippen LogP contribution is 2.31. The number of carbonyl (C=O) groups is 1. The van der Waals surface area contributed by atoms with Crippen LogP contribution in [0.15, 0.2) is 30.5 Å². The highest BCUT2D eigenvalue weighted by atomic mass is 19.4. The van der Waals surface area contributed by atoms with Crippen LogP contribution < -0.4 is 11.5 Å². The van der Waals surface area contributed by atoms with Crippen LogP contribution in [-0.2, 0) is 6.18 Å². The van der Waals surface area contributed by atoms with Crippen LogP contribution in [0.2, 0.25) is 0 Å². The molecule has 1 aromatic carbocycles. The summed E-state index contributed by atoms with van der Waals surface area (Å²) in [6.45, 7) is 0. The highest BCUT2D eigenvalue weighted by Gasteiger charge is 2.30. The average Bonchev–Trinajstić information content (AvgIpc) is 2.37. The van der Waals surface area contributed by atoms with Crippen molar-refractivity contribution in [1.29, 1.82) is 0 Å². The van der Waals surface area contributed by atoms with E-state index in [0.717, 1.165) is 18.3 Å². The number of hydrogen-bond donors (Lipinski definition) is 2. The first-order chi connectivity index (χ1) is 9.29. The van der Waals surface area contributed by atoms with Gasteiger partial charge in [-0.15, -0.1) is 0 Å². The molecule has 20 heavy (non-hydrogen) atoms. The molecule has 0 radical (unpaired) electrons. The van der Waals surface area contributed by atoms with Gasteiger partial charge in [-0.05, 0) is 12.1 Å². The van der Waals surface area contributed by atoms with E-state index in [-0.39, 0.29) is 22.8 Å². The summed E-state index contributed by atoms with van der Waals surface area (Å²) in [5.41, 5.74) is 9.78. The Morgan fingerprint density at radius 1 is 1.25 bits per heavy atom. The number of amides is 1. The first kappa shape index (κ1) is 13.8. The van der Waals surface area contributed by atoms with Gasteiger partial charge in [0.25, 0.3) is 5.91 Å². The van der Waals surface area contributed by atoms with Gasteiger partial charge in [-0.3, -0.25) is 4.79 Å². The van der Waals surface area contributed by atoms with Crippen LogP contribution in [-0.4, -0.2) is 15.9 Å². The Labute approximate surface area is 111 Å². The topological polar surface area (TPSA) is 94.9 Å². The zero-order valence-corrected chi connectivity index (χ0v) is 9.98. The van der Waals surface area contributed by atoms with Gasteiger partial charge < -0.3 is 11.5 Å². The van der Waals surface area contributed by atoms with Crippen LogP contribution in [0.1, 0.15) is 15.9 Å². The fourth-order valence-corrected chi connectivity index (χ4v) is 1.56. The molecule has 8 heteroatoms. The Morgan fingerprint density at radius 3 is 2.50 bits per heavy atom. The maximum Gasteiger partial charge on any atom is 0.416 e. The lowest BCUT2D eigenvalue weighted by molar-refractivity contribution is -0.137. The smallest absolute Gasteiger partial charge is 0.383 e. The van der Waals surface area contributed by atoms with Crippen molar-refractivity contribution < 1.29 is 18.0 Å². The van der Waals surface area contributed by atoms with Gasteiger partial charge in [0.2, 0.25) is 0 Å². The first-order valence-electron chi connectivity index (χ1n) is 5.39. The molecule has 0 aliphatic heterocycles. The molecule has 0 fully saturated rings. The van der Waals surface area contributed by atoms with E-state index in [0.29, 0.717) is 0 Å². The largest absolute Gasteiger partial charge is 0.416 e. The summed E-state index contributed by atoms with van der Waals surface area (Å²) in [4.78, 5) is 18.5. The van der Waals surface area contributed by atoms with Crippen LogP contribution in [0.4, 0.5) is 19.0 Å². The Kier molecular flexibility index (Phi) is 3.31. The summed E-state index contributed by atoms with van der Waals surface area (Å²) >= 11 is 0. The van der Waals surface area contributed by atoms with Gasteiger partial charge in [0.05, 0.1) is 11.1 Å². The SMILES string of the molecule is NC(=O)c1cnc(-c2cccc(C(F)(F)F)c2)nc1N. The van der Waals surface area contributed by atoms with E-state index >= 15 is 0 Å². The number of carbonyl (C=O) groups excluding carboxylic acids is 1. The second-order valence-corrected chi connectivity index (χ2v) is 3.94. The molecule has 1 heterocycles. The monoisotopic (exact) mass is 282 g/mol. The van der Waals surface area contributed by atoms with E-state index in [9.17, 15) is 18.0 Å². The zero-order valence-electron chi connectivity index (χ0n) is 9.98. The Hall–Kier alpha value is -2.64. The van der Waals surface area contributed by atoms with Crippen molar-refractivity contribution >= 4 is 11.7 Å². The fraction of sp³-hybridized carbons (Fsp3) is 0.0833. The number of benzene rings is 1. The average molecular weight is 282 g/mol. The minimum absolute atomic E-state index is 0.0152. The van der Waals surface area contributed by atoms with Gasteiger partial charge in [0, 0.05) is 11.8 Å². The summed E-state index contributed by atoms with van der Waals surface area (Å²) in [6.07, 6.45) is -3.38. The predicted octanol–water partition coefficient (Wildman–Crippen LogP) is 1.84. The van der Waals surface area contributed by atoms with Crippen molar-refractivity contribution in [3.8, 4) is 11.4 Å². The fourth-order valence-electron chi connectivity index (χ4n) is 1.56. The number of anilines is 1. The molecular weight excluding hydrogens is 273 g/mol. The van der Waals surface area contributed by atoms with Crippen LogP contribution in [0.5, 0.6) is 0 Å². The number of nitrogen functional groups attached to an aromatic ring is 1. The van der Waals surface area contributed by atoms with E-state index < -0.39 is 17.6 Å². The Balaban J connectivity index is 2.47. The Morgan fingerprint density at radius 2 is 1.95 bits per heavy atom. The predicted molar refractivity (Wildman–Crippen MR) is 65.4 cm³/mol. The van der Waals surface area contributed by atoms with Gasteiger partial charge in [-0.1, -0.05) is 12.1 Å². The molecule has 4 N–H and O–H groups in total. The lowest BCUT2D eigenvalue weighted by atomic mass is 10.1. The standard InChI is InChI=1S/C12H9F3N4O/c13-12(14,15)7-3-1-2-6(4-7)11-18-5-8(10(17)20)9(16)19-11/h1-5H,(H2,17,20)(H2,16,18,19). The zero-order chi connectivity index (χ0) is 14.9. The number of rotatable bonds is 2. The molecule has 0 aliphatic rings. The van der Waals surface area contributed by atoms with E-state index in [2.05, 4.69) is 9.97 Å². The van der Waals surface area contributed by atoms with Crippen molar-refractivity contribution in [2.45, 2.75) is 6.18 Å². The van der Waals surface area contributed by atoms with Gasteiger partial charge >= 0.3 is 6.18 Å². The Bertz CT molecular complexity index is 670. The lowest BCUT2D eigenvalue weighted by Gasteiger charge is -2.08. The third-order valence-electron chi connectivity index (χ3n) is 2.53. The molecule has 2 aromatic rings. The van der Waals surface area contributed by atoms with E-state index in [1.165, 1.54) is 12.1 Å². The number of hydrogen-bond acceptors (Lipinski definition) is 4. The summed E-state index contributed by atoms with van der Waals surface area (Å²) in [5.74, 6) is -1.00. The molecule has 0 atom stereocenters. The number of nitrogens with zero attached hydrogens (tertiary/aromatic N) is 2. The van der Waals surface area contributed by atoms with Crippen LogP contribution >= 0.6 is 0 Å². The third-order valence-corrected chi connectivity index (χ3v) is 2.53. The summed E-state index contributed by atoms with van der Waals surface area (Å²) in [6, 6.07) is 4.48. The third kappa shape index (κ3) is 2.68. The van der Waals surface area contributed by atoms with Crippen LogP contribution in [0.3, 0.4) is 0 Å². The van der Waals surface area contributed by atoms with Gasteiger partial charge in [-0.25, -0.2) is 9.97 Å². The van der Waals surface area contributed by atoms with Crippen molar-refractivity contribution in [2.75, 3.05) is 5.73 Å². The first-order valence-corrected chi connectivity index (χ1v) is 5.39. The molecule has 0 aliphatic carbocycles. The van der Waals surface area contributed by atoms with E-state index in [4.69, 9.17) is 11.5 Å². The number of aromatic nitrogens is 2. The van der Waals surface area contributed by atoms with Crippen molar-refractivity contribution in [3.63, 3.8) is 0 Å². The molecule has 104 valence electrons. The number of primary amides is 1. The molecule has 2 rings (SSSR count). The van der Waals surface area contributed by atoms with Crippen LogP contribution in [0.25, 0.3) is 11.4 Å². The maximum absolute atomic E-state index is 12.6. The molecule has 0 saturated heterocycles. The quantitative estimate of drug-likeness (QED) is 0.878. The molecular formula is C12H9F3N4O. The maximum atomic E-state index is 12.6. The minimum Gasteiger partial charge on any atom is -0.383 e. The van der Waals surface area contributed by atoms with Crippen LogP contribution in [0, 0.1) is 0 Å². The van der Waals surface area contributed by atoms with E-state index in [1.54, 1.807) is 0 Å². The molecule has 1 aromatic heterocycles. The van der Waals surface area contributed by atoms with Gasteiger partial charge in [0.15, 0.2) is 5.82 Å². The molecule has 0 unspecified atom stereocenters. The van der Waals surface area contributed by atoms with Crippen molar-refractivity contribution in [1.82, 2.24) is 9.97 Å². The lowest BCUT2D eigenvalue weighted by Crippen LogP contribution is -2.15. The van der Waals surface area contributed by atoms with E-state index in [1.807, 2.05) is 0 Å². The second kappa shape index (κ2) is 4.80. The highest BCUT2D eigenvalue weighted by molar-refractivity contribution is 5.96. The molecule has 5 nitrogen and oxygen atoms in total. The summed E-state index contributed by atoms with van der Waals surface area (Å²) in [5, 5.41) is 0. The molecule has 0 saturated carbocycles. The number of nitrogens with two attached hydrogens (primary N) is 2. The normalized spacial score (nSPS) is 11.3.